The van der Waals surface area contributed by atoms with Gasteiger partial charge in [-0.2, -0.15) is 5.10 Å². The van der Waals surface area contributed by atoms with Crippen molar-refractivity contribution in [3.8, 4) is 11.4 Å². The second kappa shape index (κ2) is 8.11. The molecule has 0 spiro atoms. The van der Waals surface area contributed by atoms with E-state index in [4.69, 9.17) is 33.7 Å². The quantitative estimate of drug-likeness (QED) is 0.658. The summed E-state index contributed by atoms with van der Waals surface area (Å²) in [5.41, 5.74) is 6.54. The van der Waals surface area contributed by atoms with Crippen molar-refractivity contribution in [1.82, 2.24) is 9.78 Å². The first-order chi connectivity index (χ1) is 12.9. The number of carbonyl (C=O) groups excluding carboxylic acids is 2. The first-order valence-electron chi connectivity index (χ1n) is 7.75. The summed E-state index contributed by atoms with van der Waals surface area (Å²) < 4.78 is 6.66. The van der Waals surface area contributed by atoms with Crippen molar-refractivity contribution in [2.75, 3.05) is 11.9 Å². The largest absolute Gasteiger partial charge is 0.484 e. The van der Waals surface area contributed by atoms with Gasteiger partial charge in [0.2, 0.25) is 0 Å². The molecule has 0 atom stereocenters. The van der Waals surface area contributed by atoms with E-state index in [-0.39, 0.29) is 12.5 Å². The van der Waals surface area contributed by atoms with Crippen LogP contribution in [-0.4, -0.2) is 28.2 Å². The number of ether oxygens (including phenoxy) is 1. The van der Waals surface area contributed by atoms with Gasteiger partial charge < -0.3 is 15.8 Å². The molecule has 0 fully saturated rings. The Hall–Kier alpha value is -3.03. The van der Waals surface area contributed by atoms with E-state index in [1.807, 2.05) is 0 Å². The molecule has 0 unspecified atom stereocenters. The van der Waals surface area contributed by atoms with Crippen LogP contribution in [0.15, 0.2) is 54.9 Å². The van der Waals surface area contributed by atoms with Crippen LogP contribution < -0.4 is 15.8 Å². The minimum Gasteiger partial charge on any atom is -0.484 e. The summed E-state index contributed by atoms with van der Waals surface area (Å²) in [6.45, 7) is -0.210. The van der Waals surface area contributed by atoms with Crippen LogP contribution in [0.5, 0.6) is 5.75 Å². The highest BCUT2D eigenvalue weighted by molar-refractivity contribution is 6.35. The Bertz CT molecular complexity index is 987. The number of primary amides is 1. The molecule has 0 saturated heterocycles. The van der Waals surface area contributed by atoms with E-state index < -0.39 is 5.91 Å². The summed E-state index contributed by atoms with van der Waals surface area (Å²) in [6.07, 6.45) is 3.00. The van der Waals surface area contributed by atoms with E-state index in [1.54, 1.807) is 48.7 Å². The third kappa shape index (κ3) is 4.78. The smallest absolute Gasteiger partial charge is 0.258 e. The van der Waals surface area contributed by atoms with Crippen LogP contribution in [0.4, 0.5) is 5.69 Å². The molecular weight excluding hydrogens is 391 g/mol. The normalized spacial score (nSPS) is 10.4. The Morgan fingerprint density at radius 3 is 2.56 bits per heavy atom. The minimum atomic E-state index is -0.565. The predicted octanol–water partition coefficient (Wildman–Crippen LogP) is 3.30. The number of carbonyl (C=O) groups is 2. The lowest BCUT2D eigenvalue weighted by Gasteiger charge is -2.06. The molecule has 3 N–H and O–H groups in total. The van der Waals surface area contributed by atoms with E-state index in [2.05, 4.69) is 10.4 Å². The summed E-state index contributed by atoms with van der Waals surface area (Å²) in [5.74, 6) is -0.431. The van der Waals surface area contributed by atoms with Crippen molar-refractivity contribution in [1.29, 1.82) is 0 Å². The van der Waals surface area contributed by atoms with Crippen LogP contribution >= 0.6 is 23.2 Å². The molecule has 9 heteroatoms. The molecule has 0 aliphatic rings. The maximum Gasteiger partial charge on any atom is 0.258 e. The predicted molar refractivity (Wildman–Crippen MR) is 103 cm³/mol. The molecule has 0 saturated carbocycles. The zero-order valence-electron chi connectivity index (χ0n) is 13.9. The average molecular weight is 405 g/mol. The Morgan fingerprint density at radius 1 is 1.15 bits per heavy atom. The van der Waals surface area contributed by atoms with E-state index in [9.17, 15) is 9.59 Å². The van der Waals surface area contributed by atoms with Gasteiger partial charge >= 0.3 is 0 Å². The first-order valence-corrected chi connectivity index (χ1v) is 8.50. The van der Waals surface area contributed by atoms with Crippen molar-refractivity contribution in [3.63, 3.8) is 0 Å². The number of rotatable bonds is 6. The molecule has 3 rings (SSSR count). The minimum absolute atomic E-state index is 0.210. The number of nitrogens with zero attached hydrogens (tertiary/aromatic N) is 2. The van der Waals surface area contributed by atoms with E-state index in [0.717, 1.165) is 0 Å². The number of hydrogen-bond donors (Lipinski definition) is 2. The molecule has 7 nitrogen and oxygen atoms in total. The molecule has 0 aliphatic carbocycles. The highest BCUT2D eigenvalue weighted by atomic mass is 35.5. The highest BCUT2D eigenvalue weighted by Gasteiger charge is 2.12. The number of nitrogens with one attached hydrogen (secondary N) is 1. The molecular formula is C18H14Cl2N4O3. The van der Waals surface area contributed by atoms with Crippen molar-refractivity contribution in [2.45, 2.75) is 0 Å². The van der Waals surface area contributed by atoms with Crippen molar-refractivity contribution in [2.24, 2.45) is 5.73 Å². The zero-order valence-corrected chi connectivity index (χ0v) is 15.4. The van der Waals surface area contributed by atoms with Crippen LogP contribution in [-0.2, 0) is 4.79 Å². The molecule has 3 aromatic rings. The van der Waals surface area contributed by atoms with Gasteiger partial charge in [-0.05, 0) is 42.5 Å². The molecule has 0 radical (unpaired) electrons. The van der Waals surface area contributed by atoms with Gasteiger partial charge in [-0.1, -0.05) is 23.2 Å². The molecule has 2 amide bonds. The second-order valence-electron chi connectivity index (χ2n) is 5.50. The summed E-state index contributed by atoms with van der Waals surface area (Å²) in [7, 11) is 0. The van der Waals surface area contributed by atoms with Gasteiger partial charge in [-0.25, -0.2) is 4.68 Å². The fourth-order valence-corrected chi connectivity index (χ4v) is 2.73. The molecule has 2 aromatic carbocycles. The standard InChI is InChI=1S/C18H14Cl2N4O3/c19-12-1-6-16(15(20)7-12)24-9-11(8-22-24)18(26)23-13-2-4-14(5-3-13)27-10-17(21)25/h1-9H,10H2,(H2,21,25)(H,23,26). The van der Waals surface area contributed by atoms with Gasteiger partial charge in [0, 0.05) is 16.9 Å². The molecule has 0 bridgehead atoms. The lowest BCUT2D eigenvalue weighted by atomic mass is 10.2. The Balaban J connectivity index is 1.68. The monoisotopic (exact) mass is 404 g/mol. The van der Waals surface area contributed by atoms with Gasteiger partial charge in [0.1, 0.15) is 5.75 Å². The number of amides is 2. The molecule has 138 valence electrons. The first kappa shape index (κ1) is 18.8. The lowest BCUT2D eigenvalue weighted by molar-refractivity contribution is -0.119. The lowest BCUT2D eigenvalue weighted by Crippen LogP contribution is -2.20. The van der Waals surface area contributed by atoms with Crippen LogP contribution in [0.25, 0.3) is 5.69 Å². The van der Waals surface area contributed by atoms with Crippen molar-refractivity contribution >= 4 is 40.7 Å². The average Bonchev–Trinajstić information content (AvgIpc) is 3.11. The Morgan fingerprint density at radius 2 is 1.89 bits per heavy atom. The third-order valence-electron chi connectivity index (χ3n) is 3.49. The van der Waals surface area contributed by atoms with Crippen LogP contribution in [0, 0.1) is 0 Å². The van der Waals surface area contributed by atoms with Crippen LogP contribution in [0.3, 0.4) is 0 Å². The fraction of sp³-hybridized carbons (Fsp3) is 0.0556. The van der Waals surface area contributed by atoms with Gasteiger partial charge in [0.05, 0.1) is 22.5 Å². The Labute approximate surface area is 164 Å². The van der Waals surface area contributed by atoms with E-state index in [0.29, 0.717) is 32.7 Å². The van der Waals surface area contributed by atoms with Crippen LogP contribution in [0.2, 0.25) is 10.0 Å². The van der Waals surface area contributed by atoms with Gasteiger partial charge in [-0.3, -0.25) is 9.59 Å². The number of halogens is 2. The number of anilines is 1. The topological polar surface area (TPSA) is 99.2 Å². The zero-order chi connectivity index (χ0) is 19.4. The van der Waals surface area contributed by atoms with E-state index in [1.165, 1.54) is 10.9 Å². The fourth-order valence-electron chi connectivity index (χ4n) is 2.23. The molecule has 1 aromatic heterocycles. The third-order valence-corrected chi connectivity index (χ3v) is 4.03. The number of aromatic nitrogens is 2. The molecule has 1 heterocycles. The molecule has 0 aliphatic heterocycles. The Kier molecular flexibility index (Phi) is 5.63. The highest BCUT2D eigenvalue weighted by Crippen LogP contribution is 2.24. The van der Waals surface area contributed by atoms with Gasteiger partial charge in [0.15, 0.2) is 6.61 Å². The summed E-state index contributed by atoms with van der Waals surface area (Å²) >= 11 is 12.0. The maximum absolute atomic E-state index is 12.4. The second-order valence-corrected chi connectivity index (χ2v) is 6.35. The number of nitrogens with two attached hydrogens (primary N) is 1. The summed E-state index contributed by atoms with van der Waals surface area (Å²) in [5, 5.41) is 7.84. The molecule has 27 heavy (non-hydrogen) atoms. The number of hydrogen-bond acceptors (Lipinski definition) is 4. The van der Waals surface area contributed by atoms with Crippen molar-refractivity contribution < 1.29 is 14.3 Å². The van der Waals surface area contributed by atoms with Gasteiger partial charge in [0.25, 0.3) is 11.8 Å². The van der Waals surface area contributed by atoms with Crippen LogP contribution in [0.1, 0.15) is 10.4 Å². The number of benzene rings is 2. The van der Waals surface area contributed by atoms with Crippen molar-refractivity contribution in [3.05, 3.63) is 70.5 Å². The van der Waals surface area contributed by atoms with Gasteiger partial charge in [-0.15, -0.1) is 0 Å². The summed E-state index contributed by atoms with van der Waals surface area (Å²) in [6, 6.07) is 11.5. The maximum atomic E-state index is 12.4. The summed E-state index contributed by atoms with van der Waals surface area (Å²) in [4.78, 5) is 23.1. The van der Waals surface area contributed by atoms with E-state index >= 15 is 0 Å². The SMILES string of the molecule is NC(=O)COc1ccc(NC(=O)c2cnn(-c3ccc(Cl)cc3Cl)c2)cc1.